The van der Waals surface area contributed by atoms with Crippen LogP contribution in [0.5, 0.6) is 0 Å². The number of rotatable bonds is 8. The molecule has 0 atom stereocenters. The van der Waals surface area contributed by atoms with Crippen LogP contribution in [0.4, 0.5) is 11.4 Å². The Bertz CT molecular complexity index is 810. The number of morpholine rings is 1. The summed E-state index contributed by atoms with van der Waals surface area (Å²) in [4.78, 5) is 26.5. The number of nitrogens with one attached hydrogen (secondary N) is 1. The minimum Gasteiger partial charge on any atom is -0.378 e. The second-order valence-corrected chi connectivity index (χ2v) is 7.50. The topological polar surface area (TPSA) is 84.7 Å². The molecule has 0 spiro atoms. The highest BCUT2D eigenvalue weighted by Gasteiger charge is 2.23. The van der Waals surface area contributed by atoms with E-state index in [0.717, 1.165) is 12.2 Å². The molecule has 0 radical (unpaired) electrons. The quantitative estimate of drug-likeness (QED) is 0.316. The number of nitro benzene ring substituents is 1. The highest BCUT2D eigenvalue weighted by molar-refractivity contribution is 7.99. The molecule has 7 nitrogen and oxygen atoms in total. The summed E-state index contributed by atoms with van der Waals surface area (Å²) in [7, 11) is 0. The van der Waals surface area contributed by atoms with Crippen molar-refractivity contribution < 1.29 is 14.5 Å². The maximum Gasteiger partial charge on any atom is 0.293 e. The van der Waals surface area contributed by atoms with E-state index in [9.17, 15) is 14.9 Å². The van der Waals surface area contributed by atoms with Gasteiger partial charge in [-0.05, 0) is 36.4 Å². The van der Waals surface area contributed by atoms with Crippen molar-refractivity contribution >= 4 is 29.0 Å². The largest absolute Gasteiger partial charge is 0.378 e. The van der Waals surface area contributed by atoms with Crippen LogP contribution >= 0.6 is 11.8 Å². The van der Waals surface area contributed by atoms with Crippen molar-refractivity contribution in [2.75, 3.05) is 43.5 Å². The molecule has 1 N–H and O–H groups in total. The van der Waals surface area contributed by atoms with Crippen LogP contribution in [0.25, 0.3) is 0 Å². The first-order chi connectivity index (χ1) is 13.6. The number of anilines is 1. The van der Waals surface area contributed by atoms with Gasteiger partial charge in [0.2, 0.25) is 0 Å². The molecule has 2 aromatic rings. The van der Waals surface area contributed by atoms with Crippen LogP contribution < -0.4 is 10.2 Å². The molecule has 1 fully saturated rings. The smallest absolute Gasteiger partial charge is 0.293 e. The molecule has 8 heteroatoms. The molecule has 1 heterocycles. The number of amides is 1. The van der Waals surface area contributed by atoms with Crippen molar-refractivity contribution in [1.82, 2.24) is 5.32 Å². The Labute approximate surface area is 168 Å². The summed E-state index contributed by atoms with van der Waals surface area (Å²) in [5.74, 6) is 0.599. The average Bonchev–Trinajstić information content (AvgIpc) is 2.74. The summed E-state index contributed by atoms with van der Waals surface area (Å²) in [5.41, 5.74) is 0.790. The van der Waals surface area contributed by atoms with E-state index in [1.807, 2.05) is 23.1 Å². The van der Waals surface area contributed by atoms with Gasteiger partial charge in [0, 0.05) is 36.2 Å². The maximum absolute atomic E-state index is 12.4. The van der Waals surface area contributed by atoms with Crippen LogP contribution in [-0.4, -0.2) is 49.4 Å². The minimum absolute atomic E-state index is 0.0471. The first-order valence-electron chi connectivity index (χ1n) is 9.22. The number of ether oxygens (including phenoxy) is 1. The van der Waals surface area contributed by atoms with Gasteiger partial charge in [0.15, 0.2) is 0 Å². The number of hydrogen-bond acceptors (Lipinski definition) is 6. The van der Waals surface area contributed by atoms with Crippen LogP contribution in [-0.2, 0) is 4.74 Å². The lowest BCUT2D eigenvalue weighted by molar-refractivity contribution is -0.384. The highest BCUT2D eigenvalue weighted by atomic mass is 32.2. The Morgan fingerprint density at radius 2 is 1.93 bits per heavy atom. The van der Waals surface area contributed by atoms with E-state index in [-0.39, 0.29) is 11.6 Å². The Morgan fingerprint density at radius 3 is 2.64 bits per heavy atom. The van der Waals surface area contributed by atoms with Crippen LogP contribution in [0.1, 0.15) is 16.8 Å². The van der Waals surface area contributed by atoms with E-state index in [2.05, 4.69) is 17.4 Å². The standard InChI is InChI=1S/C20H23N3O4S/c24-20(21-9-4-14-28-17-5-2-1-3-6-17)16-7-8-18(19(15-16)23(25)26)22-10-12-27-13-11-22/h1-3,5-8,15H,4,9-14H2,(H,21,24). The number of nitro groups is 1. The third kappa shape index (κ3) is 5.46. The van der Waals surface area contributed by atoms with Crippen molar-refractivity contribution in [3.05, 3.63) is 64.2 Å². The van der Waals surface area contributed by atoms with Gasteiger partial charge in [0.1, 0.15) is 5.69 Å². The normalized spacial score (nSPS) is 13.9. The fourth-order valence-electron chi connectivity index (χ4n) is 2.97. The molecule has 0 aliphatic carbocycles. The molecule has 3 rings (SSSR count). The number of thioether (sulfide) groups is 1. The van der Waals surface area contributed by atoms with Crippen LogP contribution in [0.3, 0.4) is 0 Å². The van der Waals surface area contributed by atoms with Crippen molar-refractivity contribution in [2.24, 2.45) is 0 Å². The van der Waals surface area contributed by atoms with Crippen molar-refractivity contribution in [1.29, 1.82) is 0 Å². The van der Waals surface area contributed by atoms with Gasteiger partial charge in [-0.2, -0.15) is 0 Å². The summed E-state index contributed by atoms with van der Waals surface area (Å²) in [6.07, 6.45) is 0.819. The van der Waals surface area contributed by atoms with Crippen molar-refractivity contribution in [3.8, 4) is 0 Å². The van der Waals surface area contributed by atoms with Gasteiger partial charge in [-0.25, -0.2) is 0 Å². The zero-order valence-electron chi connectivity index (χ0n) is 15.5. The van der Waals surface area contributed by atoms with Gasteiger partial charge >= 0.3 is 0 Å². The summed E-state index contributed by atoms with van der Waals surface area (Å²) in [6.45, 7) is 2.81. The third-order valence-electron chi connectivity index (χ3n) is 4.40. The van der Waals surface area contributed by atoms with Gasteiger partial charge in [-0.3, -0.25) is 14.9 Å². The molecule has 148 valence electrons. The van der Waals surface area contributed by atoms with E-state index in [1.54, 1.807) is 23.9 Å². The third-order valence-corrected chi connectivity index (χ3v) is 5.50. The predicted octanol–water partition coefficient (Wildman–Crippen LogP) is 3.34. The SMILES string of the molecule is O=C(NCCCSc1ccccc1)c1ccc(N2CCOCC2)c([N+](=O)[O-])c1. The minimum atomic E-state index is -0.432. The summed E-state index contributed by atoms with van der Waals surface area (Å²) in [5, 5.41) is 14.3. The number of nitrogens with zero attached hydrogens (tertiary/aromatic N) is 2. The van der Waals surface area contributed by atoms with E-state index in [1.165, 1.54) is 11.0 Å². The molecule has 1 saturated heterocycles. The number of carbonyl (C=O) groups excluding carboxylic acids is 1. The molecular formula is C20H23N3O4S. The maximum atomic E-state index is 12.4. The lowest BCUT2D eigenvalue weighted by Gasteiger charge is -2.28. The molecule has 0 aromatic heterocycles. The summed E-state index contributed by atoms with van der Waals surface area (Å²) in [6, 6.07) is 14.7. The Balaban J connectivity index is 1.54. The zero-order chi connectivity index (χ0) is 19.8. The molecule has 0 unspecified atom stereocenters. The van der Waals surface area contributed by atoms with Crippen molar-refractivity contribution in [2.45, 2.75) is 11.3 Å². The molecule has 0 saturated carbocycles. The fraction of sp³-hybridized carbons (Fsp3) is 0.350. The fourth-order valence-corrected chi connectivity index (χ4v) is 3.84. The lowest BCUT2D eigenvalue weighted by atomic mass is 10.1. The second-order valence-electron chi connectivity index (χ2n) is 6.33. The van der Waals surface area contributed by atoms with Gasteiger partial charge in [0.05, 0.1) is 18.1 Å². The lowest BCUT2D eigenvalue weighted by Crippen LogP contribution is -2.36. The van der Waals surface area contributed by atoms with Crippen LogP contribution in [0.15, 0.2) is 53.4 Å². The van der Waals surface area contributed by atoms with Crippen LogP contribution in [0, 0.1) is 10.1 Å². The monoisotopic (exact) mass is 401 g/mol. The summed E-state index contributed by atoms with van der Waals surface area (Å²) >= 11 is 1.74. The molecule has 1 amide bonds. The molecule has 0 bridgehead atoms. The molecule has 28 heavy (non-hydrogen) atoms. The average molecular weight is 401 g/mol. The number of benzene rings is 2. The summed E-state index contributed by atoms with van der Waals surface area (Å²) < 4.78 is 5.30. The Kier molecular flexibility index (Phi) is 7.27. The van der Waals surface area contributed by atoms with Crippen molar-refractivity contribution in [3.63, 3.8) is 0 Å². The van der Waals surface area contributed by atoms with Gasteiger partial charge in [-0.15, -0.1) is 11.8 Å². The second kappa shape index (κ2) is 10.1. The molecule has 1 aliphatic rings. The Hall–Kier alpha value is -2.58. The van der Waals surface area contributed by atoms with E-state index in [4.69, 9.17) is 4.74 Å². The molecular weight excluding hydrogens is 378 g/mol. The number of hydrogen-bond donors (Lipinski definition) is 1. The molecule has 2 aromatic carbocycles. The van der Waals surface area contributed by atoms with E-state index < -0.39 is 4.92 Å². The predicted molar refractivity (Wildman–Crippen MR) is 110 cm³/mol. The highest BCUT2D eigenvalue weighted by Crippen LogP contribution is 2.30. The van der Waals surface area contributed by atoms with Gasteiger partial charge in [0.25, 0.3) is 11.6 Å². The first-order valence-corrected chi connectivity index (χ1v) is 10.2. The van der Waals surface area contributed by atoms with Crippen LogP contribution in [0.2, 0.25) is 0 Å². The van der Waals surface area contributed by atoms with Gasteiger partial charge in [-0.1, -0.05) is 18.2 Å². The first kappa shape index (κ1) is 20.2. The Morgan fingerprint density at radius 1 is 1.18 bits per heavy atom. The van der Waals surface area contributed by atoms with E-state index >= 15 is 0 Å². The van der Waals surface area contributed by atoms with Gasteiger partial charge < -0.3 is 15.0 Å². The number of carbonyl (C=O) groups is 1. The van der Waals surface area contributed by atoms with E-state index in [0.29, 0.717) is 44.1 Å². The zero-order valence-corrected chi connectivity index (χ0v) is 16.3. The molecule has 1 aliphatic heterocycles.